The Morgan fingerprint density at radius 1 is 1.31 bits per heavy atom. The van der Waals surface area contributed by atoms with Crippen LogP contribution in [0.2, 0.25) is 0 Å². The Balaban J connectivity index is 2.41. The van der Waals surface area contributed by atoms with Crippen molar-refractivity contribution in [3.8, 4) is 10.6 Å². The number of rotatable bonds is 2. The van der Waals surface area contributed by atoms with Gasteiger partial charge in [0.2, 0.25) is 0 Å². The van der Waals surface area contributed by atoms with Crippen molar-refractivity contribution in [3.05, 3.63) is 39.3 Å². The van der Waals surface area contributed by atoms with Gasteiger partial charge >= 0.3 is 0 Å². The quantitative estimate of drug-likeness (QED) is 0.911. The van der Waals surface area contributed by atoms with E-state index in [9.17, 15) is 5.11 Å². The van der Waals surface area contributed by atoms with E-state index in [2.05, 4.69) is 20.9 Å². The zero-order valence-corrected chi connectivity index (χ0v) is 11.5. The maximum absolute atomic E-state index is 9.57. The smallest absolute Gasteiger partial charge is 0.123 e. The first kappa shape index (κ1) is 11.8. The molecule has 4 heteroatoms. The molecule has 0 spiro atoms. The molecule has 1 heterocycles. The molecule has 84 valence electrons. The molecule has 0 radical (unpaired) electrons. The zero-order valence-electron chi connectivity index (χ0n) is 9.07. The topological polar surface area (TPSA) is 33.1 Å². The lowest BCUT2D eigenvalue weighted by molar-refractivity contribution is 0.202. The van der Waals surface area contributed by atoms with E-state index in [1.807, 2.05) is 31.2 Å². The number of aliphatic hydroxyl groups excluding tert-OH is 1. The lowest BCUT2D eigenvalue weighted by atomic mass is 10.2. The Kier molecular flexibility index (Phi) is 3.42. The number of halogens is 1. The van der Waals surface area contributed by atoms with E-state index in [4.69, 9.17) is 0 Å². The van der Waals surface area contributed by atoms with Crippen molar-refractivity contribution in [2.24, 2.45) is 0 Å². The molecular formula is C12H12BrNOS. The van der Waals surface area contributed by atoms with Gasteiger partial charge in [0.05, 0.1) is 16.7 Å². The fraction of sp³-hybridized carbons (Fsp3) is 0.250. The molecule has 0 aliphatic rings. The highest BCUT2D eigenvalue weighted by atomic mass is 79.9. The van der Waals surface area contributed by atoms with Crippen molar-refractivity contribution in [2.45, 2.75) is 20.0 Å². The van der Waals surface area contributed by atoms with E-state index < -0.39 is 6.10 Å². The average molecular weight is 298 g/mol. The van der Waals surface area contributed by atoms with Crippen LogP contribution in [0, 0.1) is 6.92 Å². The summed E-state index contributed by atoms with van der Waals surface area (Å²) < 4.78 is 1.06. The highest BCUT2D eigenvalue weighted by molar-refractivity contribution is 9.10. The Bertz CT molecular complexity index is 490. The standard InChI is InChI=1S/C12H12BrNOS/c1-7-11(8(2)15)16-12(14-7)9-3-5-10(13)6-4-9/h3-6,8,15H,1-2H3. The van der Waals surface area contributed by atoms with Crippen LogP contribution in [0.15, 0.2) is 28.7 Å². The normalized spacial score (nSPS) is 12.8. The molecule has 1 aromatic heterocycles. The molecule has 16 heavy (non-hydrogen) atoms. The molecular weight excluding hydrogens is 286 g/mol. The van der Waals surface area contributed by atoms with Gasteiger partial charge in [-0.15, -0.1) is 11.3 Å². The maximum Gasteiger partial charge on any atom is 0.123 e. The summed E-state index contributed by atoms with van der Waals surface area (Å²) in [6.07, 6.45) is -0.443. The molecule has 1 unspecified atom stereocenters. The van der Waals surface area contributed by atoms with Gasteiger partial charge in [0.25, 0.3) is 0 Å². The maximum atomic E-state index is 9.57. The Morgan fingerprint density at radius 3 is 2.44 bits per heavy atom. The second-order valence-electron chi connectivity index (χ2n) is 3.65. The van der Waals surface area contributed by atoms with Crippen molar-refractivity contribution in [3.63, 3.8) is 0 Å². The molecule has 0 aliphatic carbocycles. The van der Waals surface area contributed by atoms with Crippen molar-refractivity contribution >= 4 is 27.3 Å². The van der Waals surface area contributed by atoms with Crippen LogP contribution in [0.5, 0.6) is 0 Å². The summed E-state index contributed by atoms with van der Waals surface area (Å²) in [6.45, 7) is 3.70. The molecule has 1 aromatic carbocycles. The summed E-state index contributed by atoms with van der Waals surface area (Å²) in [4.78, 5) is 5.42. The minimum atomic E-state index is -0.443. The molecule has 1 N–H and O–H groups in total. The molecule has 0 saturated carbocycles. The fourth-order valence-electron chi connectivity index (χ4n) is 1.51. The van der Waals surface area contributed by atoms with Gasteiger partial charge < -0.3 is 5.11 Å². The predicted octanol–water partition coefficient (Wildman–Crippen LogP) is 3.93. The largest absolute Gasteiger partial charge is 0.388 e. The highest BCUT2D eigenvalue weighted by Gasteiger charge is 2.12. The van der Waals surface area contributed by atoms with Crippen molar-refractivity contribution in [1.29, 1.82) is 0 Å². The van der Waals surface area contributed by atoms with Gasteiger partial charge in [-0.3, -0.25) is 0 Å². The second-order valence-corrected chi connectivity index (χ2v) is 5.60. The number of nitrogens with zero attached hydrogens (tertiary/aromatic N) is 1. The summed E-state index contributed by atoms with van der Waals surface area (Å²) >= 11 is 4.95. The molecule has 0 aliphatic heterocycles. The van der Waals surface area contributed by atoms with Crippen molar-refractivity contribution in [1.82, 2.24) is 4.98 Å². The Morgan fingerprint density at radius 2 is 1.94 bits per heavy atom. The van der Waals surface area contributed by atoms with E-state index in [0.717, 1.165) is 25.6 Å². The minimum absolute atomic E-state index is 0.443. The Hall–Kier alpha value is -0.710. The van der Waals surface area contributed by atoms with Crippen LogP contribution in [0.4, 0.5) is 0 Å². The van der Waals surface area contributed by atoms with Gasteiger partial charge in [0.1, 0.15) is 5.01 Å². The number of hydrogen-bond donors (Lipinski definition) is 1. The molecule has 0 saturated heterocycles. The molecule has 2 rings (SSSR count). The van der Waals surface area contributed by atoms with Crippen LogP contribution in [0.1, 0.15) is 23.6 Å². The number of aromatic nitrogens is 1. The number of aliphatic hydroxyl groups is 1. The van der Waals surface area contributed by atoms with Crippen LogP contribution >= 0.6 is 27.3 Å². The van der Waals surface area contributed by atoms with Crippen molar-refractivity contribution in [2.75, 3.05) is 0 Å². The van der Waals surface area contributed by atoms with E-state index in [1.165, 1.54) is 0 Å². The first-order valence-electron chi connectivity index (χ1n) is 4.99. The fourth-order valence-corrected chi connectivity index (χ4v) is 2.78. The van der Waals surface area contributed by atoms with Gasteiger partial charge in [0, 0.05) is 10.0 Å². The van der Waals surface area contributed by atoms with Crippen molar-refractivity contribution < 1.29 is 5.11 Å². The molecule has 0 fully saturated rings. The summed E-state index contributed by atoms with van der Waals surface area (Å²) in [5.74, 6) is 0. The number of aryl methyl sites for hydroxylation is 1. The van der Waals surface area contributed by atoms with Crippen LogP contribution < -0.4 is 0 Å². The predicted molar refractivity (Wildman–Crippen MR) is 70.6 cm³/mol. The Labute approximate surface area is 107 Å². The van der Waals surface area contributed by atoms with E-state index >= 15 is 0 Å². The van der Waals surface area contributed by atoms with Crippen LogP contribution in [-0.4, -0.2) is 10.1 Å². The highest BCUT2D eigenvalue weighted by Crippen LogP contribution is 2.31. The first-order chi connectivity index (χ1) is 7.58. The van der Waals surface area contributed by atoms with E-state index in [0.29, 0.717) is 0 Å². The minimum Gasteiger partial charge on any atom is -0.388 e. The van der Waals surface area contributed by atoms with Gasteiger partial charge in [-0.25, -0.2) is 4.98 Å². The average Bonchev–Trinajstić information content (AvgIpc) is 2.61. The van der Waals surface area contributed by atoms with E-state index in [-0.39, 0.29) is 0 Å². The third kappa shape index (κ3) is 2.34. The lowest BCUT2D eigenvalue weighted by Crippen LogP contribution is -1.88. The number of benzene rings is 1. The van der Waals surface area contributed by atoms with Crippen LogP contribution in [-0.2, 0) is 0 Å². The summed E-state index contributed by atoms with van der Waals surface area (Å²) in [7, 11) is 0. The first-order valence-corrected chi connectivity index (χ1v) is 6.60. The summed E-state index contributed by atoms with van der Waals surface area (Å²) in [5, 5.41) is 10.5. The van der Waals surface area contributed by atoms with Gasteiger partial charge in [-0.2, -0.15) is 0 Å². The molecule has 1 atom stereocenters. The van der Waals surface area contributed by atoms with Gasteiger partial charge in [0.15, 0.2) is 0 Å². The molecule has 2 aromatic rings. The number of thiazole rings is 1. The molecule has 0 bridgehead atoms. The van der Waals surface area contributed by atoms with Crippen LogP contribution in [0.25, 0.3) is 10.6 Å². The van der Waals surface area contributed by atoms with Gasteiger partial charge in [-0.05, 0) is 26.0 Å². The summed E-state index contributed by atoms with van der Waals surface area (Å²) in [5.41, 5.74) is 2.00. The monoisotopic (exact) mass is 297 g/mol. The number of hydrogen-bond acceptors (Lipinski definition) is 3. The van der Waals surface area contributed by atoms with Gasteiger partial charge in [-0.1, -0.05) is 28.1 Å². The second kappa shape index (κ2) is 4.65. The lowest BCUT2D eigenvalue weighted by Gasteiger charge is -1.98. The zero-order chi connectivity index (χ0) is 11.7. The summed E-state index contributed by atoms with van der Waals surface area (Å²) in [6, 6.07) is 8.03. The SMILES string of the molecule is Cc1nc(-c2ccc(Br)cc2)sc1C(C)O. The molecule has 2 nitrogen and oxygen atoms in total. The van der Waals surface area contributed by atoms with Crippen LogP contribution in [0.3, 0.4) is 0 Å². The third-order valence-electron chi connectivity index (χ3n) is 2.30. The molecule has 0 amide bonds. The van der Waals surface area contributed by atoms with E-state index in [1.54, 1.807) is 18.3 Å². The third-order valence-corrected chi connectivity index (χ3v) is 4.21.